The molecule has 1 unspecified atom stereocenters. The van der Waals surface area contributed by atoms with Crippen molar-refractivity contribution < 1.29 is 0 Å². The fourth-order valence-corrected chi connectivity index (χ4v) is 3.39. The summed E-state index contributed by atoms with van der Waals surface area (Å²) in [6, 6.07) is 8.64. The first kappa shape index (κ1) is 12.6. The quantitative estimate of drug-likeness (QED) is 0.822. The standard InChI is InChI=1S/C16H25N/c1-13-7-4-5-8-14(13)11-16(17)10-6-9-15(2,3)12-16/h4-5,7-8H,6,9-12,17H2,1-3H3. The highest BCUT2D eigenvalue weighted by Crippen LogP contribution is 2.41. The minimum Gasteiger partial charge on any atom is -0.325 e. The molecule has 1 aromatic carbocycles. The molecule has 0 heterocycles. The van der Waals surface area contributed by atoms with Gasteiger partial charge in [-0.05, 0) is 49.1 Å². The van der Waals surface area contributed by atoms with Gasteiger partial charge < -0.3 is 5.73 Å². The van der Waals surface area contributed by atoms with Gasteiger partial charge in [0, 0.05) is 5.54 Å². The predicted molar refractivity (Wildman–Crippen MR) is 74.1 cm³/mol. The van der Waals surface area contributed by atoms with Crippen molar-refractivity contribution in [1.29, 1.82) is 0 Å². The van der Waals surface area contributed by atoms with E-state index in [0.29, 0.717) is 5.41 Å². The normalized spacial score (nSPS) is 28.0. The van der Waals surface area contributed by atoms with Crippen LogP contribution in [0.4, 0.5) is 0 Å². The molecule has 2 N–H and O–H groups in total. The molecule has 1 nitrogen and oxygen atoms in total. The summed E-state index contributed by atoms with van der Waals surface area (Å²) < 4.78 is 0. The molecule has 1 fully saturated rings. The fraction of sp³-hybridized carbons (Fsp3) is 0.625. The van der Waals surface area contributed by atoms with Crippen molar-refractivity contribution in [2.24, 2.45) is 11.1 Å². The van der Waals surface area contributed by atoms with Gasteiger partial charge in [0.1, 0.15) is 0 Å². The third-order valence-electron chi connectivity index (χ3n) is 4.16. The van der Waals surface area contributed by atoms with E-state index < -0.39 is 0 Å². The second kappa shape index (κ2) is 4.45. The van der Waals surface area contributed by atoms with Gasteiger partial charge in [-0.2, -0.15) is 0 Å². The molecule has 1 aromatic rings. The Labute approximate surface area is 105 Å². The summed E-state index contributed by atoms with van der Waals surface area (Å²) >= 11 is 0. The molecule has 0 radical (unpaired) electrons. The summed E-state index contributed by atoms with van der Waals surface area (Å²) in [7, 11) is 0. The third kappa shape index (κ3) is 3.10. The van der Waals surface area contributed by atoms with Crippen LogP contribution in [0.25, 0.3) is 0 Å². The molecule has 0 spiro atoms. The van der Waals surface area contributed by atoms with Gasteiger partial charge in [-0.15, -0.1) is 0 Å². The van der Waals surface area contributed by atoms with Gasteiger partial charge in [-0.3, -0.25) is 0 Å². The van der Waals surface area contributed by atoms with E-state index in [-0.39, 0.29) is 5.54 Å². The molecule has 17 heavy (non-hydrogen) atoms. The van der Waals surface area contributed by atoms with Gasteiger partial charge in [0.25, 0.3) is 0 Å². The van der Waals surface area contributed by atoms with Crippen molar-refractivity contribution in [2.45, 2.75) is 58.4 Å². The van der Waals surface area contributed by atoms with Crippen molar-refractivity contribution in [2.75, 3.05) is 0 Å². The molecule has 0 bridgehead atoms. The average molecular weight is 231 g/mol. The third-order valence-corrected chi connectivity index (χ3v) is 4.16. The average Bonchev–Trinajstić information content (AvgIpc) is 2.19. The van der Waals surface area contributed by atoms with E-state index in [1.807, 2.05) is 0 Å². The van der Waals surface area contributed by atoms with Crippen LogP contribution < -0.4 is 5.73 Å². The number of nitrogens with two attached hydrogens (primary N) is 1. The maximum Gasteiger partial charge on any atom is 0.0200 e. The van der Waals surface area contributed by atoms with E-state index in [2.05, 4.69) is 45.0 Å². The topological polar surface area (TPSA) is 26.0 Å². The summed E-state index contributed by atoms with van der Waals surface area (Å²) in [4.78, 5) is 0. The van der Waals surface area contributed by atoms with Crippen LogP contribution in [-0.2, 0) is 6.42 Å². The fourth-order valence-electron chi connectivity index (χ4n) is 3.39. The molecule has 1 heteroatoms. The molecule has 0 aliphatic heterocycles. The molecule has 1 aliphatic carbocycles. The maximum absolute atomic E-state index is 6.64. The molecule has 0 aromatic heterocycles. The minimum absolute atomic E-state index is 0.00780. The summed E-state index contributed by atoms with van der Waals surface area (Å²) in [5.41, 5.74) is 9.86. The zero-order chi connectivity index (χ0) is 12.5. The highest BCUT2D eigenvalue weighted by Gasteiger charge is 2.37. The first-order valence-electron chi connectivity index (χ1n) is 6.74. The lowest BCUT2D eigenvalue weighted by atomic mass is 9.66. The summed E-state index contributed by atoms with van der Waals surface area (Å²) in [5.74, 6) is 0. The van der Waals surface area contributed by atoms with E-state index in [1.165, 1.54) is 30.4 Å². The lowest BCUT2D eigenvalue weighted by Crippen LogP contribution is -2.48. The molecule has 2 rings (SSSR count). The van der Waals surface area contributed by atoms with Gasteiger partial charge in [-0.25, -0.2) is 0 Å². The van der Waals surface area contributed by atoms with Crippen LogP contribution in [0, 0.1) is 12.3 Å². The second-order valence-corrected chi connectivity index (χ2v) is 6.66. The first-order valence-corrected chi connectivity index (χ1v) is 6.74. The highest BCUT2D eigenvalue weighted by molar-refractivity contribution is 5.27. The Hall–Kier alpha value is -0.820. The van der Waals surface area contributed by atoms with Crippen molar-refractivity contribution in [1.82, 2.24) is 0 Å². The van der Waals surface area contributed by atoms with Crippen LogP contribution >= 0.6 is 0 Å². The molecule has 0 saturated heterocycles. The maximum atomic E-state index is 6.64. The Kier molecular flexibility index (Phi) is 3.31. The second-order valence-electron chi connectivity index (χ2n) is 6.66. The van der Waals surface area contributed by atoms with E-state index in [4.69, 9.17) is 5.73 Å². The van der Waals surface area contributed by atoms with Crippen molar-refractivity contribution in [3.63, 3.8) is 0 Å². The number of rotatable bonds is 2. The Morgan fingerprint density at radius 2 is 1.88 bits per heavy atom. The number of aryl methyl sites for hydroxylation is 1. The number of benzene rings is 1. The van der Waals surface area contributed by atoms with Crippen molar-refractivity contribution in [3.8, 4) is 0 Å². The van der Waals surface area contributed by atoms with Crippen LogP contribution in [0.1, 0.15) is 50.7 Å². The van der Waals surface area contributed by atoms with Gasteiger partial charge in [0.05, 0.1) is 0 Å². The molecule has 0 amide bonds. The summed E-state index contributed by atoms with van der Waals surface area (Å²) in [6.07, 6.45) is 5.94. The summed E-state index contributed by atoms with van der Waals surface area (Å²) in [5, 5.41) is 0. The Morgan fingerprint density at radius 1 is 1.18 bits per heavy atom. The van der Waals surface area contributed by atoms with Gasteiger partial charge in [0.15, 0.2) is 0 Å². The Balaban J connectivity index is 2.15. The van der Waals surface area contributed by atoms with E-state index >= 15 is 0 Å². The van der Waals surface area contributed by atoms with Gasteiger partial charge in [0.2, 0.25) is 0 Å². The van der Waals surface area contributed by atoms with Crippen LogP contribution in [0.5, 0.6) is 0 Å². The molecule has 1 saturated carbocycles. The lowest BCUT2D eigenvalue weighted by Gasteiger charge is -2.43. The minimum atomic E-state index is 0.00780. The highest BCUT2D eigenvalue weighted by atomic mass is 14.8. The van der Waals surface area contributed by atoms with Crippen LogP contribution in [-0.4, -0.2) is 5.54 Å². The SMILES string of the molecule is Cc1ccccc1CC1(N)CCCC(C)(C)C1. The van der Waals surface area contributed by atoms with Gasteiger partial charge in [-0.1, -0.05) is 44.5 Å². The molecule has 1 aliphatic rings. The Morgan fingerprint density at radius 3 is 2.53 bits per heavy atom. The molecular formula is C16H25N. The first-order chi connectivity index (χ1) is 7.90. The van der Waals surface area contributed by atoms with E-state index in [9.17, 15) is 0 Å². The summed E-state index contributed by atoms with van der Waals surface area (Å²) in [6.45, 7) is 6.89. The van der Waals surface area contributed by atoms with Crippen LogP contribution in [0.3, 0.4) is 0 Å². The monoisotopic (exact) mass is 231 g/mol. The number of hydrogen-bond donors (Lipinski definition) is 1. The molecular weight excluding hydrogens is 206 g/mol. The lowest BCUT2D eigenvalue weighted by molar-refractivity contribution is 0.151. The largest absolute Gasteiger partial charge is 0.325 e. The zero-order valence-electron chi connectivity index (χ0n) is 11.4. The molecule has 94 valence electrons. The zero-order valence-corrected chi connectivity index (χ0v) is 11.4. The molecule has 1 atom stereocenters. The predicted octanol–water partition coefficient (Wildman–Crippen LogP) is 3.84. The van der Waals surface area contributed by atoms with E-state index in [0.717, 1.165) is 12.8 Å². The van der Waals surface area contributed by atoms with Gasteiger partial charge >= 0.3 is 0 Å². The number of hydrogen-bond acceptors (Lipinski definition) is 1. The van der Waals surface area contributed by atoms with Crippen LogP contribution in [0.15, 0.2) is 24.3 Å². The Bertz CT molecular complexity index is 394. The van der Waals surface area contributed by atoms with Crippen molar-refractivity contribution >= 4 is 0 Å². The van der Waals surface area contributed by atoms with Crippen molar-refractivity contribution in [3.05, 3.63) is 35.4 Å². The smallest absolute Gasteiger partial charge is 0.0200 e. The van der Waals surface area contributed by atoms with Crippen LogP contribution in [0.2, 0.25) is 0 Å². The van der Waals surface area contributed by atoms with E-state index in [1.54, 1.807) is 0 Å².